The SMILES string of the molecule is Cc1ccc2c(c1)c1c(n2CC(C)(O)c2ccc(F)cc2)CC2CCC1N2C.Cc1ccc2c(c1)c1c(n2CC(C)(O)c2ccc(F)cc2)CN2CCC1C2.Cc1ccc2c(c1)c1c(n2CC(C)(O)c2cccnc2)CC2CCC1N2C.Cc1ccc2c(c1)c1c(n2CC(O)c2ccncc2)CN(C)C2CCCC12. The molecule has 4 N–H and O–H groups in total. The second kappa shape index (κ2) is 28.6. The summed E-state index contributed by atoms with van der Waals surface area (Å²) in [6.45, 7) is 20.5. The summed E-state index contributed by atoms with van der Waals surface area (Å²) in [5.74, 6) is 0.661. The van der Waals surface area contributed by atoms with Crippen LogP contribution in [0.15, 0.2) is 170 Å². The lowest BCUT2D eigenvalue weighted by molar-refractivity contribution is 0.0375. The number of aliphatic hydroxyl groups excluding tert-OH is 1. The molecule has 12 unspecified atom stereocenters. The third kappa shape index (κ3) is 13.4. The summed E-state index contributed by atoms with van der Waals surface area (Å²) in [5.41, 5.74) is 21.7. The van der Waals surface area contributed by atoms with Crippen LogP contribution in [0.4, 0.5) is 8.78 Å². The highest BCUT2D eigenvalue weighted by atomic mass is 19.1. The molecule has 8 aliphatic rings. The molecule has 1 saturated carbocycles. The zero-order chi connectivity index (χ0) is 75.7. The van der Waals surface area contributed by atoms with Gasteiger partial charge in [-0.3, -0.25) is 29.6 Å². The number of hydrogen-bond donors (Lipinski definition) is 4. The largest absolute Gasteiger partial charge is 0.387 e. The normalized spacial score (nSPS) is 23.7. The van der Waals surface area contributed by atoms with Crippen molar-refractivity contribution >= 4 is 43.6 Å². The van der Waals surface area contributed by atoms with E-state index in [1.54, 1.807) is 54.6 Å². The molecule has 7 aliphatic heterocycles. The first-order valence-electron chi connectivity index (χ1n) is 39.9. The van der Waals surface area contributed by atoms with Crippen LogP contribution in [-0.2, 0) is 68.9 Å². The summed E-state index contributed by atoms with van der Waals surface area (Å²) < 4.78 is 36.1. The number of nitrogens with zero attached hydrogens (tertiary/aromatic N) is 10. The van der Waals surface area contributed by atoms with Crippen molar-refractivity contribution in [1.29, 1.82) is 0 Å². The van der Waals surface area contributed by atoms with Crippen molar-refractivity contribution < 1.29 is 29.2 Å². The van der Waals surface area contributed by atoms with E-state index >= 15 is 0 Å². The zero-order valence-electron chi connectivity index (χ0n) is 65.0. The van der Waals surface area contributed by atoms with E-state index in [-0.39, 0.29) is 11.6 Å². The fourth-order valence-electron chi connectivity index (χ4n) is 20.9. The molecule has 16 heteroatoms. The number of benzene rings is 6. The predicted octanol–water partition coefficient (Wildman–Crippen LogP) is 17.1. The highest BCUT2D eigenvalue weighted by Gasteiger charge is 2.45. The Balaban J connectivity index is 0.000000106. The molecule has 3 saturated heterocycles. The molecule has 6 aromatic heterocycles. The van der Waals surface area contributed by atoms with Gasteiger partial charge < -0.3 is 38.7 Å². The molecular formula is C93H106F2N10O4. The zero-order valence-corrected chi connectivity index (χ0v) is 65.0. The van der Waals surface area contributed by atoms with Gasteiger partial charge in [0.05, 0.1) is 32.3 Å². The van der Waals surface area contributed by atoms with E-state index in [0.29, 0.717) is 68.2 Å². The van der Waals surface area contributed by atoms with Gasteiger partial charge in [0.15, 0.2) is 0 Å². The van der Waals surface area contributed by atoms with Crippen molar-refractivity contribution in [2.45, 2.75) is 217 Å². The Kier molecular flexibility index (Phi) is 19.2. The van der Waals surface area contributed by atoms with Gasteiger partial charge in [-0.1, -0.05) is 83.3 Å². The first-order chi connectivity index (χ1) is 52.4. The molecule has 12 aromatic rings. The van der Waals surface area contributed by atoms with Crippen molar-refractivity contribution in [2.24, 2.45) is 0 Å². The van der Waals surface area contributed by atoms with E-state index < -0.39 is 22.9 Å². The molecule has 4 fully saturated rings. The van der Waals surface area contributed by atoms with Crippen LogP contribution in [0.25, 0.3) is 43.6 Å². The minimum absolute atomic E-state index is 0.279. The Morgan fingerprint density at radius 2 is 0.927 bits per heavy atom. The smallest absolute Gasteiger partial charge is 0.123 e. The number of pyridine rings is 2. The molecule has 6 bridgehead atoms. The van der Waals surface area contributed by atoms with Gasteiger partial charge in [0.25, 0.3) is 0 Å². The topological polar surface area (TPSA) is 139 Å². The van der Waals surface area contributed by atoms with Gasteiger partial charge in [0.2, 0.25) is 0 Å². The Morgan fingerprint density at radius 3 is 1.42 bits per heavy atom. The highest BCUT2D eigenvalue weighted by Crippen LogP contribution is 2.52. The van der Waals surface area contributed by atoms with E-state index in [9.17, 15) is 29.2 Å². The molecule has 20 rings (SSSR count). The number of hydrogen-bond acceptors (Lipinski definition) is 10. The average molecular weight is 1470 g/mol. The van der Waals surface area contributed by atoms with Gasteiger partial charge in [-0.25, -0.2) is 8.78 Å². The minimum atomic E-state index is -1.07. The maximum atomic E-state index is 13.4. The van der Waals surface area contributed by atoms with Crippen LogP contribution in [0.5, 0.6) is 0 Å². The van der Waals surface area contributed by atoms with Crippen molar-refractivity contribution in [2.75, 3.05) is 34.2 Å². The van der Waals surface area contributed by atoms with E-state index in [1.807, 2.05) is 45.0 Å². The molecule has 0 radical (unpaired) electrons. The van der Waals surface area contributed by atoms with Crippen molar-refractivity contribution in [1.82, 2.24) is 47.8 Å². The van der Waals surface area contributed by atoms with Crippen molar-refractivity contribution in [3.8, 4) is 0 Å². The van der Waals surface area contributed by atoms with Crippen molar-refractivity contribution in [3.63, 3.8) is 0 Å². The average Bonchev–Trinajstić information content (AvgIpc) is 1.59. The minimum Gasteiger partial charge on any atom is -0.387 e. The van der Waals surface area contributed by atoms with Gasteiger partial charge in [-0.15, -0.1) is 0 Å². The second-order valence-corrected chi connectivity index (χ2v) is 34.2. The molecule has 13 heterocycles. The number of fused-ring (bicyclic) bond motifs is 23. The number of aliphatic hydroxyl groups is 4. The van der Waals surface area contributed by atoms with Crippen LogP contribution in [0.1, 0.15) is 192 Å². The van der Waals surface area contributed by atoms with E-state index in [1.165, 1.54) is 181 Å². The van der Waals surface area contributed by atoms with Crippen LogP contribution in [0.3, 0.4) is 0 Å². The monoisotopic (exact) mass is 1460 g/mol. The van der Waals surface area contributed by atoms with E-state index in [2.05, 4.69) is 169 Å². The Hall–Kier alpha value is -8.68. The summed E-state index contributed by atoms with van der Waals surface area (Å²) in [4.78, 5) is 18.4. The standard InChI is InChI=1S/C24H27FN2O.C23H25FN2O.2C23H27N3O/c1-15-4-10-20-19(12-15)23-21-11-9-18(26(21)3)13-22(23)27(20)14-24(2,28)16-5-7-17(25)8-6-16;1-15-3-8-20-19(11-15)22-16-9-10-25(12-16)13-21(22)26(20)14-23(2,27)17-4-6-18(24)7-5-17;1-15-6-8-19-18(11-15)22-20-9-7-17(25(20)3)12-21(22)26(19)14-23(2,27)16-5-4-10-24-13-16;1-15-6-7-20-18(12-15)23-17-4-3-5-19(17)25(2)13-21(23)26(20)14-22(27)16-8-10-24-11-9-16/h4-8,10,12,18,21,28H,9,11,13-14H2,1-3H3;3-8,11,16,27H,9-10,12-14H2,1-2H3;4-6,8,10-11,13,17,20,27H,7,9,12,14H2,1-3H3;6-12,17,19,22,27H,3-5,13-14H2,1-2H3. The van der Waals surface area contributed by atoms with Crippen LogP contribution in [-0.4, -0.2) is 121 Å². The molecule has 0 spiro atoms. The number of aryl methyl sites for hydroxylation is 4. The van der Waals surface area contributed by atoms with Crippen LogP contribution in [0.2, 0.25) is 0 Å². The summed E-state index contributed by atoms with van der Waals surface area (Å²) in [7, 11) is 6.79. The van der Waals surface area contributed by atoms with Gasteiger partial charge in [0, 0.05) is 171 Å². The first kappa shape index (κ1) is 73.1. The second-order valence-electron chi connectivity index (χ2n) is 34.2. The van der Waals surface area contributed by atoms with Crippen molar-refractivity contribution in [3.05, 3.63) is 272 Å². The quantitative estimate of drug-likeness (QED) is 0.0935. The van der Waals surface area contributed by atoms with Crippen LogP contribution < -0.4 is 0 Å². The lowest BCUT2D eigenvalue weighted by Gasteiger charge is -2.36. The number of likely N-dealkylation sites (N-methyl/N-ethyl adjacent to an activating group) is 3. The lowest BCUT2D eigenvalue weighted by atomic mass is 9.87. The molecule has 1 aliphatic carbocycles. The summed E-state index contributed by atoms with van der Waals surface area (Å²) in [6.07, 6.45) is 18.7. The van der Waals surface area contributed by atoms with Gasteiger partial charge in [-0.2, -0.15) is 0 Å². The summed E-state index contributed by atoms with van der Waals surface area (Å²) in [6, 6.07) is 49.8. The molecule has 109 heavy (non-hydrogen) atoms. The lowest BCUT2D eigenvalue weighted by Crippen LogP contribution is -2.38. The Labute approximate surface area is 639 Å². The highest BCUT2D eigenvalue weighted by molar-refractivity contribution is 5.90. The molecular weight excluding hydrogens is 1360 g/mol. The Morgan fingerprint density at radius 1 is 0.468 bits per heavy atom. The van der Waals surface area contributed by atoms with E-state index in [0.717, 1.165) is 61.3 Å². The fraction of sp³-hybridized carbons (Fsp3) is 0.419. The maximum absolute atomic E-state index is 13.4. The Bertz CT molecular complexity index is 5380. The molecule has 566 valence electrons. The molecule has 14 nitrogen and oxygen atoms in total. The first-order valence-corrected chi connectivity index (χ1v) is 39.9. The summed E-state index contributed by atoms with van der Waals surface area (Å²) >= 11 is 0. The number of rotatable bonds is 12. The van der Waals surface area contributed by atoms with E-state index in [4.69, 9.17) is 0 Å². The predicted molar refractivity (Wildman–Crippen MR) is 431 cm³/mol. The third-order valence-electron chi connectivity index (χ3n) is 26.6. The molecule has 12 atom stereocenters. The molecule has 0 amide bonds. The maximum Gasteiger partial charge on any atom is 0.123 e. The molecule has 6 aromatic carbocycles. The van der Waals surface area contributed by atoms with Gasteiger partial charge in [-0.05, 0) is 251 Å². The van der Waals surface area contributed by atoms with Gasteiger partial charge >= 0.3 is 0 Å². The third-order valence-corrected chi connectivity index (χ3v) is 26.6. The summed E-state index contributed by atoms with van der Waals surface area (Å²) in [5, 5.41) is 50.2. The number of aromatic nitrogens is 6. The van der Waals surface area contributed by atoms with Crippen LogP contribution in [0, 0.1) is 39.3 Å². The fourth-order valence-corrected chi connectivity index (χ4v) is 20.9. The number of halogens is 2. The van der Waals surface area contributed by atoms with Gasteiger partial charge in [0.1, 0.15) is 28.4 Å². The van der Waals surface area contributed by atoms with Crippen LogP contribution >= 0.6 is 0 Å².